The topological polar surface area (TPSA) is 219 Å². The third kappa shape index (κ3) is 15.2. The van der Waals surface area contributed by atoms with Crippen LogP contribution in [0.25, 0.3) is 0 Å². The van der Waals surface area contributed by atoms with Crippen LogP contribution in [0.3, 0.4) is 0 Å². The molecule has 0 radical (unpaired) electrons. The number of hydrogen-bond donors (Lipinski definition) is 4. The lowest BCUT2D eigenvalue weighted by Crippen LogP contribution is -2.60. The van der Waals surface area contributed by atoms with Crippen LogP contribution in [0.5, 0.6) is 5.75 Å². The van der Waals surface area contributed by atoms with E-state index in [0.717, 1.165) is 0 Å². The van der Waals surface area contributed by atoms with Crippen molar-refractivity contribution in [1.29, 1.82) is 0 Å². The Morgan fingerprint density at radius 1 is 0.879 bits per heavy atom. The molecule has 5 amide bonds. The summed E-state index contributed by atoms with van der Waals surface area (Å²) in [6.07, 6.45) is -0.652. The lowest BCUT2D eigenvalue weighted by atomic mass is 9.92. The zero-order chi connectivity index (χ0) is 49.6. The molecule has 3 rings (SSSR count). The Labute approximate surface area is 391 Å². The van der Waals surface area contributed by atoms with Gasteiger partial charge in [0.15, 0.2) is 11.9 Å². The van der Waals surface area contributed by atoms with Gasteiger partial charge in [0.25, 0.3) is 0 Å². The number of fused-ring (bicyclic) bond motifs is 1. The summed E-state index contributed by atoms with van der Waals surface area (Å²) in [4.78, 5) is 116. The molecule has 17 heteroatoms. The second-order valence-electron chi connectivity index (χ2n) is 19.3. The Balaban J connectivity index is 2.20. The smallest absolute Gasteiger partial charge is 0.329 e. The lowest BCUT2D eigenvalue weighted by molar-refractivity contribution is -0.162. The van der Waals surface area contributed by atoms with Crippen LogP contribution in [-0.4, -0.2) is 133 Å². The van der Waals surface area contributed by atoms with E-state index in [1.807, 2.05) is 41.5 Å². The average molecular weight is 927 g/mol. The number of nitrogens with zero attached hydrogens (tertiary/aromatic N) is 2. The fourth-order valence-electron chi connectivity index (χ4n) is 8.46. The van der Waals surface area contributed by atoms with Gasteiger partial charge in [-0.2, -0.15) is 0 Å². The van der Waals surface area contributed by atoms with Gasteiger partial charge in [0.2, 0.25) is 29.5 Å². The Hall–Kier alpha value is -5.06. The third-order valence-electron chi connectivity index (χ3n) is 12.8. The number of ketones is 1. The number of carbonyl (C=O) groups is 8. The van der Waals surface area contributed by atoms with Crippen molar-refractivity contribution in [2.75, 3.05) is 27.7 Å². The standard InChI is InChI=1S/C49H78N6O11/c1-14-30(8)35-21-22-40(56)66-43(29(6)7)42(57)31(9)44(58)52-37(25-28(4)5)47(61)55-23-15-16-38(55)48(62)54(12)39(26-33-17-19-34(64-13)20-18-33)49(63)65-32(10)41(46(60)51-35)53-45(59)36(50-11)24-27(2)3/h17-20,27-32,35-39,41,43,50H,14-16,21-26H2,1-13H3,(H,51,60)(H,52,58)(H,53,59)/t30-,31-,32+,35-,36+,37-,38-,39-,41-,43-/m0/s1. The van der Waals surface area contributed by atoms with Gasteiger partial charge >= 0.3 is 11.9 Å². The Morgan fingerprint density at radius 2 is 1.53 bits per heavy atom. The van der Waals surface area contributed by atoms with Crippen molar-refractivity contribution in [2.24, 2.45) is 29.6 Å². The van der Waals surface area contributed by atoms with Crippen LogP contribution < -0.4 is 26.0 Å². The molecule has 4 N–H and O–H groups in total. The van der Waals surface area contributed by atoms with Crippen LogP contribution in [0, 0.1) is 29.6 Å². The summed E-state index contributed by atoms with van der Waals surface area (Å²) in [7, 11) is 4.63. The number of methoxy groups -OCH3 is 1. The number of amides is 5. The largest absolute Gasteiger partial charge is 0.497 e. The van der Waals surface area contributed by atoms with E-state index in [4.69, 9.17) is 14.2 Å². The summed E-state index contributed by atoms with van der Waals surface area (Å²) in [5, 5.41) is 11.6. The number of cyclic esters (lactones) is 2. The van der Waals surface area contributed by atoms with Gasteiger partial charge in [0, 0.05) is 32.5 Å². The number of carbonyl (C=O) groups excluding carboxylic acids is 8. The zero-order valence-corrected chi connectivity index (χ0v) is 41.6. The number of likely N-dealkylation sites (N-methyl/N-ethyl adjacent to an activating group) is 2. The fraction of sp³-hybridized carbons (Fsp3) is 0.714. The van der Waals surface area contributed by atoms with Crippen LogP contribution in [0.15, 0.2) is 24.3 Å². The third-order valence-corrected chi connectivity index (χ3v) is 12.8. The predicted molar refractivity (Wildman–Crippen MR) is 249 cm³/mol. The van der Waals surface area contributed by atoms with Crippen LogP contribution in [0.1, 0.15) is 120 Å². The van der Waals surface area contributed by atoms with Crippen LogP contribution >= 0.6 is 0 Å². The minimum atomic E-state index is -1.41. The first kappa shape index (κ1) is 55.3. The molecule has 10 atom stereocenters. The minimum Gasteiger partial charge on any atom is -0.497 e. The minimum absolute atomic E-state index is 0.0145. The number of benzene rings is 1. The van der Waals surface area contributed by atoms with E-state index in [1.165, 1.54) is 37.8 Å². The SMILES string of the molecule is CC[C@H](C)[C@@H]1CCC(=O)O[C@@H](C(C)C)C(=O)[C@H](C)C(=O)N[C@@H](CC(C)C)C(=O)N2CCC[C@H]2C(=O)N(C)[C@@H](Cc2ccc(OC)cc2)C(=O)O[C@H](C)[C@H](NC(=O)[C@@H](CC(C)C)NC)C(=O)N1. The maximum Gasteiger partial charge on any atom is 0.329 e. The van der Waals surface area contributed by atoms with Crippen molar-refractivity contribution in [3.05, 3.63) is 29.8 Å². The Bertz CT molecular complexity index is 1840. The number of Topliss-reactive ketones (excluding diaryl/α,β-unsaturated/α-hetero) is 1. The molecule has 0 unspecified atom stereocenters. The lowest BCUT2D eigenvalue weighted by Gasteiger charge is -2.35. The molecular formula is C49H78N6O11. The van der Waals surface area contributed by atoms with E-state index in [0.29, 0.717) is 30.6 Å². The molecule has 2 fully saturated rings. The maximum atomic E-state index is 14.7. The first-order valence-electron chi connectivity index (χ1n) is 23.8. The number of ether oxygens (including phenoxy) is 3. The molecule has 66 heavy (non-hydrogen) atoms. The highest BCUT2D eigenvalue weighted by Gasteiger charge is 2.44. The van der Waals surface area contributed by atoms with Gasteiger partial charge in [-0.1, -0.05) is 73.9 Å². The zero-order valence-electron chi connectivity index (χ0n) is 41.6. The molecule has 370 valence electrons. The second kappa shape index (κ2) is 25.7. The number of nitrogens with one attached hydrogen (secondary N) is 4. The molecule has 1 aromatic rings. The molecule has 2 heterocycles. The first-order chi connectivity index (χ1) is 31.0. The van der Waals surface area contributed by atoms with Crippen molar-refractivity contribution in [1.82, 2.24) is 31.1 Å². The summed E-state index contributed by atoms with van der Waals surface area (Å²) in [6.45, 7) is 18.0. The van der Waals surface area contributed by atoms with Gasteiger partial charge in [-0.25, -0.2) is 4.79 Å². The van der Waals surface area contributed by atoms with E-state index in [-0.39, 0.29) is 56.4 Å². The molecule has 0 aromatic heterocycles. The van der Waals surface area contributed by atoms with Crippen LogP contribution in [0.4, 0.5) is 0 Å². The number of rotatable bonds is 13. The molecule has 0 spiro atoms. The van der Waals surface area contributed by atoms with Crippen molar-refractivity contribution in [3.63, 3.8) is 0 Å². The predicted octanol–water partition coefficient (Wildman–Crippen LogP) is 3.73. The van der Waals surface area contributed by atoms with Gasteiger partial charge in [-0.15, -0.1) is 0 Å². The Kier molecular flexibility index (Phi) is 21.6. The summed E-state index contributed by atoms with van der Waals surface area (Å²) >= 11 is 0. The average Bonchev–Trinajstić information content (AvgIpc) is 3.77. The van der Waals surface area contributed by atoms with Crippen LogP contribution in [-0.2, 0) is 54.3 Å². The van der Waals surface area contributed by atoms with E-state index >= 15 is 0 Å². The van der Waals surface area contributed by atoms with E-state index in [1.54, 1.807) is 45.2 Å². The second-order valence-corrected chi connectivity index (χ2v) is 19.3. The summed E-state index contributed by atoms with van der Waals surface area (Å²) < 4.78 is 17.2. The summed E-state index contributed by atoms with van der Waals surface area (Å²) in [5.41, 5.74) is 0.660. The highest BCUT2D eigenvalue weighted by Crippen LogP contribution is 2.26. The molecule has 2 aliphatic heterocycles. The molecule has 0 aliphatic carbocycles. The van der Waals surface area contributed by atoms with E-state index in [9.17, 15) is 38.4 Å². The van der Waals surface area contributed by atoms with Gasteiger partial charge < -0.3 is 45.3 Å². The highest BCUT2D eigenvalue weighted by atomic mass is 16.6. The quantitative estimate of drug-likeness (QED) is 0.164. The molecule has 0 bridgehead atoms. The molecule has 1 aromatic carbocycles. The normalized spacial score (nSPS) is 26.9. The van der Waals surface area contributed by atoms with Gasteiger partial charge in [-0.05, 0) is 94.4 Å². The summed E-state index contributed by atoms with van der Waals surface area (Å²) in [5.74, 6) is -6.48. The molecule has 2 saturated heterocycles. The number of esters is 2. The van der Waals surface area contributed by atoms with E-state index in [2.05, 4.69) is 21.3 Å². The fourth-order valence-corrected chi connectivity index (χ4v) is 8.46. The molecule has 17 nitrogen and oxygen atoms in total. The van der Waals surface area contributed by atoms with Crippen molar-refractivity contribution in [3.8, 4) is 5.75 Å². The molecular weight excluding hydrogens is 849 g/mol. The first-order valence-corrected chi connectivity index (χ1v) is 23.8. The van der Waals surface area contributed by atoms with Gasteiger partial charge in [0.05, 0.1) is 19.1 Å². The maximum absolute atomic E-state index is 14.7. The van der Waals surface area contributed by atoms with Gasteiger partial charge in [-0.3, -0.25) is 33.6 Å². The highest BCUT2D eigenvalue weighted by molar-refractivity contribution is 6.05. The van der Waals surface area contributed by atoms with Crippen LogP contribution in [0.2, 0.25) is 0 Å². The monoisotopic (exact) mass is 927 g/mol. The van der Waals surface area contributed by atoms with Crippen molar-refractivity contribution >= 4 is 47.3 Å². The number of hydrogen-bond acceptors (Lipinski definition) is 12. The molecule has 2 aliphatic rings. The van der Waals surface area contributed by atoms with E-state index < -0.39 is 108 Å². The van der Waals surface area contributed by atoms with Crippen molar-refractivity contribution in [2.45, 2.75) is 169 Å². The van der Waals surface area contributed by atoms with Gasteiger partial charge in [0.1, 0.15) is 36.0 Å². The summed E-state index contributed by atoms with van der Waals surface area (Å²) in [6, 6.07) is 0.879. The Morgan fingerprint density at radius 3 is 2.09 bits per heavy atom. The van der Waals surface area contributed by atoms with Crippen molar-refractivity contribution < 1.29 is 52.6 Å². The molecule has 0 saturated carbocycles.